The van der Waals surface area contributed by atoms with Crippen LogP contribution < -0.4 is 5.32 Å². The van der Waals surface area contributed by atoms with Gasteiger partial charge < -0.3 is 5.32 Å². The topological polar surface area (TPSA) is 52.9 Å². The van der Waals surface area contributed by atoms with Gasteiger partial charge in [-0.15, -0.1) is 0 Å². The molecule has 0 atom stereocenters. The van der Waals surface area contributed by atoms with E-state index in [0.29, 0.717) is 5.69 Å². The van der Waals surface area contributed by atoms with Crippen LogP contribution in [-0.4, -0.2) is 5.91 Å². The maximum atomic E-state index is 12.8. The number of carbonyl (C=O) groups excluding carboxylic acids is 1. The molecule has 0 bridgehead atoms. The molecule has 3 aromatic rings. The third kappa shape index (κ3) is 5.93. The number of rotatable bonds is 5. The molecule has 0 heterocycles. The van der Waals surface area contributed by atoms with Gasteiger partial charge in [0.05, 0.1) is 0 Å². The lowest BCUT2D eigenvalue weighted by molar-refractivity contribution is -0.112. The van der Waals surface area contributed by atoms with Crippen LogP contribution in [0.5, 0.6) is 0 Å². The number of aryl methyl sites for hydroxylation is 4. The zero-order valence-corrected chi connectivity index (χ0v) is 19.8. The summed E-state index contributed by atoms with van der Waals surface area (Å²) < 4.78 is 0.898. The van der Waals surface area contributed by atoms with E-state index in [1.807, 2.05) is 50.2 Å². The molecule has 4 heteroatoms. The predicted octanol–water partition coefficient (Wildman–Crippen LogP) is 6.82. The zero-order valence-electron chi connectivity index (χ0n) is 18.2. The summed E-state index contributed by atoms with van der Waals surface area (Å²) in [5.74, 6) is -0.410. The van der Waals surface area contributed by atoms with Crippen LogP contribution in [0, 0.1) is 39.0 Å². The average Bonchev–Trinajstić information content (AvgIpc) is 2.69. The van der Waals surface area contributed by atoms with Gasteiger partial charge in [-0.05, 0) is 80.6 Å². The first kappa shape index (κ1) is 22.5. The molecule has 0 aliphatic carbocycles. The van der Waals surface area contributed by atoms with Crippen molar-refractivity contribution in [1.82, 2.24) is 0 Å². The number of benzene rings is 3. The second-order valence-electron chi connectivity index (χ2n) is 7.96. The van der Waals surface area contributed by atoms with Gasteiger partial charge in [0.25, 0.3) is 5.91 Å². The Hall–Kier alpha value is -3.16. The summed E-state index contributed by atoms with van der Waals surface area (Å²) in [6.45, 7) is 8.12. The number of carbonyl (C=O) groups is 1. The van der Waals surface area contributed by atoms with Crippen LogP contribution in [0.3, 0.4) is 0 Å². The van der Waals surface area contributed by atoms with Crippen LogP contribution in [0.4, 0.5) is 5.69 Å². The van der Waals surface area contributed by atoms with Crippen LogP contribution in [0.1, 0.15) is 38.9 Å². The molecular formula is C27H25BrN2O. The third-order valence-electron chi connectivity index (χ3n) is 5.08. The predicted molar refractivity (Wildman–Crippen MR) is 131 cm³/mol. The molecule has 0 aromatic heterocycles. The molecule has 1 amide bonds. The number of nitrogens with one attached hydrogen (secondary N) is 1. The van der Waals surface area contributed by atoms with Crippen LogP contribution in [-0.2, 0) is 11.2 Å². The number of nitriles is 1. The summed E-state index contributed by atoms with van der Waals surface area (Å²) in [6, 6.07) is 20.3. The summed E-state index contributed by atoms with van der Waals surface area (Å²) in [5, 5.41) is 12.5. The first-order valence-corrected chi connectivity index (χ1v) is 10.9. The van der Waals surface area contributed by atoms with Crippen LogP contribution in [0.15, 0.2) is 64.6 Å². The van der Waals surface area contributed by atoms with E-state index in [-0.39, 0.29) is 5.57 Å². The van der Waals surface area contributed by atoms with Crippen molar-refractivity contribution in [3.63, 3.8) is 0 Å². The fourth-order valence-corrected chi connectivity index (χ4v) is 4.08. The molecular weight excluding hydrogens is 448 g/mol. The minimum absolute atomic E-state index is 0.0692. The first-order valence-electron chi connectivity index (χ1n) is 10.1. The maximum Gasteiger partial charge on any atom is 0.266 e. The Kier molecular flexibility index (Phi) is 7.09. The molecule has 3 rings (SSSR count). The Labute approximate surface area is 192 Å². The van der Waals surface area contributed by atoms with E-state index < -0.39 is 5.91 Å². The van der Waals surface area contributed by atoms with Crippen molar-refractivity contribution in [2.75, 3.05) is 5.32 Å². The van der Waals surface area contributed by atoms with Crippen LogP contribution >= 0.6 is 15.9 Å². The Balaban J connectivity index is 1.93. The minimum atomic E-state index is -0.410. The lowest BCUT2D eigenvalue weighted by Crippen LogP contribution is -2.14. The number of anilines is 1. The molecule has 0 aliphatic heterocycles. The largest absolute Gasteiger partial charge is 0.321 e. The highest BCUT2D eigenvalue weighted by molar-refractivity contribution is 9.10. The summed E-state index contributed by atoms with van der Waals surface area (Å²) in [4.78, 5) is 12.8. The molecule has 0 saturated heterocycles. The van der Waals surface area contributed by atoms with Gasteiger partial charge in [0.15, 0.2) is 0 Å². The highest BCUT2D eigenvalue weighted by Gasteiger charge is 2.13. The fraction of sp³-hybridized carbons (Fsp3) is 0.185. The minimum Gasteiger partial charge on any atom is -0.321 e. The van der Waals surface area contributed by atoms with Crippen molar-refractivity contribution in [3.8, 4) is 6.07 Å². The highest BCUT2D eigenvalue weighted by atomic mass is 79.9. The van der Waals surface area contributed by atoms with Gasteiger partial charge >= 0.3 is 0 Å². The molecule has 0 spiro atoms. The highest BCUT2D eigenvalue weighted by Crippen LogP contribution is 2.24. The monoisotopic (exact) mass is 472 g/mol. The summed E-state index contributed by atoms with van der Waals surface area (Å²) >= 11 is 3.51. The van der Waals surface area contributed by atoms with Gasteiger partial charge in [0.1, 0.15) is 11.6 Å². The summed E-state index contributed by atoms with van der Waals surface area (Å²) in [7, 11) is 0. The molecule has 3 nitrogen and oxygen atoms in total. The van der Waals surface area contributed by atoms with E-state index in [0.717, 1.165) is 33.1 Å². The van der Waals surface area contributed by atoms with Crippen molar-refractivity contribution < 1.29 is 4.79 Å². The van der Waals surface area contributed by atoms with E-state index >= 15 is 0 Å². The third-order valence-corrected chi connectivity index (χ3v) is 5.57. The van der Waals surface area contributed by atoms with Crippen molar-refractivity contribution in [2.45, 2.75) is 34.1 Å². The van der Waals surface area contributed by atoms with Crippen LogP contribution in [0.2, 0.25) is 0 Å². The van der Waals surface area contributed by atoms with E-state index in [4.69, 9.17) is 0 Å². The van der Waals surface area contributed by atoms with Crippen molar-refractivity contribution >= 4 is 33.6 Å². The van der Waals surface area contributed by atoms with Gasteiger partial charge in [0.2, 0.25) is 0 Å². The normalized spacial score (nSPS) is 11.2. The molecule has 3 aromatic carbocycles. The van der Waals surface area contributed by atoms with Gasteiger partial charge in [-0.25, -0.2) is 0 Å². The second kappa shape index (κ2) is 9.76. The lowest BCUT2D eigenvalue weighted by Gasteiger charge is -2.11. The Morgan fingerprint density at radius 1 is 0.968 bits per heavy atom. The molecule has 0 unspecified atom stereocenters. The molecule has 0 saturated carbocycles. The molecule has 0 fully saturated rings. The standard InChI is InChI=1S/C27H25BrN2O/c1-17-5-8-26(20(4)10-17)30-27(31)24(16-29)14-23-15-25(28)7-6-22(23)13-21-11-18(2)9-19(3)12-21/h5-12,14-15H,13H2,1-4H3,(H,30,31)/b24-14+. The molecule has 0 aliphatic rings. The van der Waals surface area contributed by atoms with Crippen molar-refractivity contribution in [2.24, 2.45) is 0 Å². The number of hydrogen-bond acceptors (Lipinski definition) is 2. The van der Waals surface area contributed by atoms with Gasteiger partial charge in [-0.1, -0.05) is 69.0 Å². The summed E-state index contributed by atoms with van der Waals surface area (Å²) in [5.41, 5.74) is 8.40. The van der Waals surface area contributed by atoms with E-state index in [1.54, 1.807) is 6.08 Å². The Bertz CT molecular complexity index is 1200. The van der Waals surface area contributed by atoms with E-state index in [9.17, 15) is 10.1 Å². The summed E-state index contributed by atoms with van der Waals surface area (Å²) in [6.07, 6.45) is 2.39. The smallest absolute Gasteiger partial charge is 0.266 e. The van der Waals surface area contributed by atoms with Gasteiger partial charge in [-0.3, -0.25) is 4.79 Å². The SMILES string of the molecule is Cc1cc(C)cc(Cc2ccc(Br)cc2/C=C(\C#N)C(=O)Nc2ccc(C)cc2C)c1. The molecule has 0 radical (unpaired) electrons. The fourth-order valence-electron chi connectivity index (χ4n) is 3.70. The quantitative estimate of drug-likeness (QED) is 0.327. The Morgan fingerprint density at radius 3 is 2.32 bits per heavy atom. The van der Waals surface area contributed by atoms with Gasteiger partial charge in [-0.2, -0.15) is 5.26 Å². The zero-order chi connectivity index (χ0) is 22.5. The van der Waals surface area contributed by atoms with Crippen LogP contribution in [0.25, 0.3) is 6.08 Å². The lowest BCUT2D eigenvalue weighted by atomic mass is 9.96. The number of halogens is 1. The number of nitrogens with zero attached hydrogens (tertiary/aromatic N) is 1. The van der Waals surface area contributed by atoms with E-state index in [2.05, 4.69) is 59.4 Å². The second-order valence-corrected chi connectivity index (χ2v) is 8.87. The average molecular weight is 473 g/mol. The van der Waals surface area contributed by atoms with Gasteiger partial charge in [0, 0.05) is 10.2 Å². The maximum absolute atomic E-state index is 12.8. The molecule has 1 N–H and O–H groups in total. The molecule has 156 valence electrons. The van der Waals surface area contributed by atoms with E-state index in [1.165, 1.54) is 16.7 Å². The van der Waals surface area contributed by atoms with Crippen molar-refractivity contribution in [3.05, 3.63) is 104 Å². The Morgan fingerprint density at radius 2 is 1.68 bits per heavy atom. The molecule has 31 heavy (non-hydrogen) atoms. The number of hydrogen-bond donors (Lipinski definition) is 1. The number of amides is 1. The first-order chi connectivity index (χ1) is 14.7. The van der Waals surface area contributed by atoms with Crippen molar-refractivity contribution in [1.29, 1.82) is 5.26 Å².